The summed E-state index contributed by atoms with van der Waals surface area (Å²) in [4.78, 5) is 2.39. The summed E-state index contributed by atoms with van der Waals surface area (Å²) in [6, 6.07) is 58.0. The smallest absolute Gasteiger partial charge is 0.143 e. The minimum Gasteiger partial charge on any atom is -0.455 e. The van der Waals surface area contributed by atoms with Gasteiger partial charge in [-0.1, -0.05) is 144 Å². The highest BCUT2D eigenvalue weighted by atomic mass is 16.3. The van der Waals surface area contributed by atoms with Gasteiger partial charge in [-0.3, -0.25) is 0 Å². The quantitative estimate of drug-likeness (QED) is 0.165. The van der Waals surface area contributed by atoms with Crippen LogP contribution in [0.15, 0.2) is 162 Å². The predicted molar refractivity (Wildman–Crippen MR) is 216 cm³/mol. The maximum absolute atomic E-state index is 7.02. The number of fused-ring (bicyclic) bond motifs is 7. The van der Waals surface area contributed by atoms with Gasteiger partial charge in [-0.15, -0.1) is 0 Å². The SMILES string of the molecule is Cc1ccc(C(c2ccc(C)cc2)c2cc3c4cc(N(c5ccc(C)cc5)c5ccc(C)cc5)c5ccccc5c4oc3c3ccccc23)cc1. The Labute approximate surface area is 299 Å². The summed E-state index contributed by atoms with van der Waals surface area (Å²) in [6.45, 7) is 8.59. The fourth-order valence-electron chi connectivity index (χ4n) is 7.74. The number of benzene rings is 8. The molecule has 2 nitrogen and oxygen atoms in total. The zero-order valence-corrected chi connectivity index (χ0v) is 29.4. The van der Waals surface area contributed by atoms with E-state index in [4.69, 9.17) is 4.42 Å². The van der Waals surface area contributed by atoms with Gasteiger partial charge in [0.1, 0.15) is 11.2 Å². The van der Waals surface area contributed by atoms with Crippen LogP contribution in [0.4, 0.5) is 17.1 Å². The van der Waals surface area contributed by atoms with Gasteiger partial charge in [0.2, 0.25) is 0 Å². The lowest BCUT2D eigenvalue weighted by molar-refractivity contribution is 0.676. The van der Waals surface area contributed by atoms with Crippen LogP contribution in [0, 0.1) is 27.7 Å². The second-order valence-electron chi connectivity index (χ2n) is 14.1. The molecule has 0 bridgehead atoms. The van der Waals surface area contributed by atoms with Gasteiger partial charge in [0, 0.05) is 44.2 Å². The summed E-state index contributed by atoms with van der Waals surface area (Å²) in [7, 11) is 0. The number of nitrogens with zero attached hydrogens (tertiary/aromatic N) is 1. The summed E-state index contributed by atoms with van der Waals surface area (Å²) in [5.41, 5.74) is 14.0. The van der Waals surface area contributed by atoms with Crippen LogP contribution in [0.2, 0.25) is 0 Å². The lowest BCUT2D eigenvalue weighted by atomic mass is 9.81. The van der Waals surface area contributed by atoms with Crippen LogP contribution >= 0.6 is 0 Å². The van der Waals surface area contributed by atoms with Crippen molar-refractivity contribution in [3.63, 3.8) is 0 Å². The largest absolute Gasteiger partial charge is 0.455 e. The van der Waals surface area contributed by atoms with Crippen LogP contribution in [-0.4, -0.2) is 0 Å². The molecule has 1 heterocycles. The second kappa shape index (κ2) is 12.3. The van der Waals surface area contributed by atoms with Crippen LogP contribution in [0.5, 0.6) is 0 Å². The van der Waals surface area contributed by atoms with Crippen molar-refractivity contribution < 1.29 is 4.42 Å². The summed E-state index contributed by atoms with van der Waals surface area (Å²) >= 11 is 0. The molecule has 0 N–H and O–H groups in total. The van der Waals surface area contributed by atoms with E-state index in [1.54, 1.807) is 0 Å². The van der Waals surface area contributed by atoms with Crippen LogP contribution in [0.1, 0.15) is 44.9 Å². The average Bonchev–Trinajstić information content (AvgIpc) is 3.54. The minimum absolute atomic E-state index is 0.0435. The number of aryl methyl sites for hydroxylation is 4. The first kappa shape index (κ1) is 30.9. The van der Waals surface area contributed by atoms with Crippen LogP contribution in [-0.2, 0) is 0 Å². The van der Waals surface area contributed by atoms with E-state index >= 15 is 0 Å². The third kappa shape index (κ3) is 5.36. The molecule has 0 atom stereocenters. The van der Waals surface area contributed by atoms with E-state index in [0.29, 0.717) is 0 Å². The van der Waals surface area contributed by atoms with Gasteiger partial charge in [-0.25, -0.2) is 0 Å². The van der Waals surface area contributed by atoms with Crippen molar-refractivity contribution in [2.75, 3.05) is 4.90 Å². The Bertz CT molecular complexity index is 2420. The van der Waals surface area contributed by atoms with E-state index in [2.05, 4.69) is 190 Å². The summed E-state index contributed by atoms with van der Waals surface area (Å²) in [5, 5.41) is 6.83. The molecule has 0 spiro atoms. The van der Waals surface area contributed by atoms with Crippen LogP contribution < -0.4 is 4.90 Å². The molecule has 0 aliphatic rings. The van der Waals surface area contributed by atoms with Crippen molar-refractivity contribution in [3.05, 3.63) is 197 Å². The zero-order chi connectivity index (χ0) is 34.6. The van der Waals surface area contributed by atoms with Crippen LogP contribution in [0.3, 0.4) is 0 Å². The number of hydrogen-bond acceptors (Lipinski definition) is 2. The molecule has 0 amide bonds. The fraction of sp³-hybridized carbons (Fsp3) is 0.102. The molecular weight excluding hydrogens is 619 g/mol. The average molecular weight is 658 g/mol. The highest BCUT2D eigenvalue weighted by Gasteiger charge is 2.25. The van der Waals surface area contributed by atoms with Crippen molar-refractivity contribution in [3.8, 4) is 0 Å². The maximum atomic E-state index is 7.02. The van der Waals surface area contributed by atoms with E-state index < -0.39 is 0 Å². The lowest BCUT2D eigenvalue weighted by Gasteiger charge is -2.27. The molecule has 0 saturated carbocycles. The molecule has 246 valence electrons. The van der Waals surface area contributed by atoms with Crippen molar-refractivity contribution in [2.45, 2.75) is 33.6 Å². The molecule has 1 aromatic heterocycles. The molecule has 0 radical (unpaired) electrons. The van der Waals surface area contributed by atoms with E-state index in [0.717, 1.165) is 55.2 Å². The number of rotatable bonds is 6. The molecule has 0 fully saturated rings. The van der Waals surface area contributed by atoms with Gasteiger partial charge in [0.25, 0.3) is 0 Å². The highest BCUT2D eigenvalue weighted by molar-refractivity contribution is 6.23. The van der Waals surface area contributed by atoms with Crippen molar-refractivity contribution in [1.29, 1.82) is 0 Å². The Hall–Kier alpha value is -6.12. The number of anilines is 3. The monoisotopic (exact) mass is 657 g/mol. The Morgan fingerprint density at radius 2 is 0.784 bits per heavy atom. The lowest BCUT2D eigenvalue weighted by Crippen LogP contribution is -2.10. The first-order valence-corrected chi connectivity index (χ1v) is 17.8. The van der Waals surface area contributed by atoms with E-state index in [1.165, 1.54) is 44.3 Å². The fourth-order valence-corrected chi connectivity index (χ4v) is 7.74. The van der Waals surface area contributed by atoms with Gasteiger partial charge in [0.05, 0.1) is 5.69 Å². The number of furan rings is 1. The van der Waals surface area contributed by atoms with Gasteiger partial charge in [0.15, 0.2) is 0 Å². The first-order valence-electron chi connectivity index (χ1n) is 17.8. The standard InChI is InChI=1S/C49H39NO/c1-31-13-21-35(22-14-31)47(36-23-15-32(2)16-24-36)43-29-44-45-30-46(50(37-25-17-33(3)18-26-37)38-27-19-34(4)20-28-38)40-10-6-8-12-42(40)49(45)51-48(44)41-11-7-5-9-39(41)43/h5-30,47H,1-4H3. The predicted octanol–water partition coefficient (Wildman–Crippen LogP) is 13.8. The second-order valence-corrected chi connectivity index (χ2v) is 14.1. The van der Waals surface area contributed by atoms with Gasteiger partial charge >= 0.3 is 0 Å². The molecule has 0 unspecified atom stereocenters. The van der Waals surface area contributed by atoms with E-state index in [1.807, 2.05) is 0 Å². The van der Waals surface area contributed by atoms with Gasteiger partial charge in [-0.2, -0.15) is 0 Å². The minimum atomic E-state index is 0.0435. The molecule has 8 aromatic carbocycles. The first-order chi connectivity index (χ1) is 24.9. The van der Waals surface area contributed by atoms with Crippen LogP contribution in [0.25, 0.3) is 43.5 Å². The summed E-state index contributed by atoms with van der Waals surface area (Å²) < 4.78 is 7.02. The van der Waals surface area contributed by atoms with Crippen molar-refractivity contribution in [1.82, 2.24) is 0 Å². The van der Waals surface area contributed by atoms with Crippen molar-refractivity contribution >= 4 is 60.5 Å². The third-order valence-electron chi connectivity index (χ3n) is 10.5. The molecular formula is C49H39NO. The molecule has 9 aromatic rings. The topological polar surface area (TPSA) is 16.4 Å². The molecule has 0 aliphatic carbocycles. The highest BCUT2D eigenvalue weighted by Crippen LogP contribution is 2.47. The maximum Gasteiger partial charge on any atom is 0.143 e. The molecule has 0 aliphatic heterocycles. The van der Waals surface area contributed by atoms with E-state index in [-0.39, 0.29) is 5.92 Å². The third-order valence-corrected chi connectivity index (χ3v) is 10.5. The molecule has 0 saturated heterocycles. The Morgan fingerprint density at radius 3 is 1.27 bits per heavy atom. The number of hydrogen-bond donors (Lipinski definition) is 0. The molecule has 9 rings (SSSR count). The van der Waals surface area contributed by atoms with E-state index in [9.17, 15) is 0 Å². The Kier molecular flexibility index (Phi) is 7.47. The Balaban J connectivity index is 1.38. The normalized spacial score (nSPS) is 11.7. The summed E-state index contributed by atoms with van der Waals surface area (Å²) in [5.74, 6) is 0.0435. The van der Waals surface area contributed by atoms with Gasteiger partial charge in [-0.05, 0) is 86.2 Å². The van der Waals surface area contributed by atoms with Crippen molar-refractivity contribution in [2.24, 2.45) is 0 Å². The van der Waals surface area contributed by atoms with Gasteiger partial charge < -0.3 is 9.32 Å². The molecule has 51 heavy (non-hydrogen) atoms. The zero-order valence-electron chi connectivity index (χ0n) is 29.4. The molecule has 2 heteroatoms. The summed E-state index contributed by atoms with van der Waals surface area (Å²) in [6.07, 6.45) is 0. The Morgan fingerprint density at radius 1 is 0.392 bits per heavy atom.